The van der Waals surface area contributed by atoms with E-state index < -0.39 is 18.1 Å². The Hall–Kier alpha value is -0.790. The summed E-state index contributed by atoms with van der Waals surface area (Å²) in [5.41, 5.74) is 1.31. The van der Waals surface area contributed by atoms with Gasteiger partial charge in [0.25, 0.3) is 0 Å². The first kappa shape index (κ1) is 13.2. The molecule has 7 heteroatoms. The molecule has 0 aliphatic carbocycles. The quantitative estimate of drug-likeness (QED) is 0.369. The normalized spacial score (nSPS) is 13.8. The van der Waals surface area contributed by atoms with Gasteiger partial charge in [0.15, 0.2) is 0 Å². The summed E-state index contributed by atoms with van der Waals surface area (Å²) in [4.78, 5) is 10.5. The Kier molecular flexibility index (Phi) is 5.51. The van der Waals surface area contributed by atoms with Crippen molar-refractivity contribution in [2.45, 2.75) is 26.1 Å². The average Bonchev–Trinajstić information content (AvgIpc) is 2.12. The summed E-state index contributed by atoms with van der Waals surface area (Å²) in [5.74, 6) is 2.86. The van der Waals surface area contributed by atoms with Gasteiger partial charge in [-0.1, -0.05) is 0 Å². The highest BCUT2D eigenvalue weighted by molar-refractivity contribution is 5.81. The van der Waals surface area contributed by atoms with Crippen molar-refractivity contribution < 1.29 is 23.0 Å². The summed E-state index contributed by atoms with van der Waals surface area (Å²) < 4.78 is 34.4. The second-order valence-corrected chi connectivity index (χ2v) is 2.58. The van der Waals surface area contributed by atoms with Gasteiger partial charge in [-0.3, -0.25) is 10.2 Å². The second kappa shape index (κ2) is 5.84. The molecule has 0 aliphatic rings. The number of hydrogen-bond acceptors (Lipinski definition) is 4. The summed E-state index contributed by atoms with van der Waals surface area (Å²) in [6.07, 6.45) is -4.81. The van der Waals surface area contributed by atoms with Crippen molar-refractivity contribution in [2.75, 3.05) is 13.2 Å². The molecule has 0 saturated carbocycles. The highest BCUT2D eigenvalue weighted by Gasteiger charge is 2.41. The smallest absolute Gasteiger partial charge is 0.379 e. The molecule has 3 N–H and O–H groups in total. The number of carbonyl (C=O) groups excluding carboxylic acids is 1. The minimum Gasteiger partial charge on any atom is -0.379 e. The van der Waals surface area contributed by atoms with E-state index in [2.05, 4.69) is 10.6 Å². The Labute approximate surface area is 80.5 Å². The van der Waals surface area contributed by atoms with E-state index >= 15 is 0 Å². The topological polar surface area (TPSA) is 73.6 Å². The van der Waals surface area contributed by atoms with E-state index in [9.17, 15) is 13.6 Å². The van der Waals surface area contributed by atoms with Gasteiger partial charge in [-0.15, -0.1) is 0 Å². The molecule has 0 aromatic rings. The summed E-state index contributed by atoms with van der Waals surface area (Å²) in [6, 6.07) is 0. The van der Waals surface area contributed by atoms with E-state index in [0.29, 0.717) is 6.61 Å². The molecule has 14 heavy (non-hydrogen) atoms. The Morgan fingerprint density at radius 3 is 2.64 bits per heavy atom. The molecule has 0 radical (unpaired) electrons. The van der Waals surface area contributed by atoms with Crippen molar-refractivity contribution in [3.63, 3.8) is 0 Å². The van der Waals surface area contributed by atoms with E-state index in [1.807, 2.05) is 0 Å². The van der Waals surface area contributed by atoms with Crippen LogP contribution >= 0.6 is 0 Å². The fourth-order valence-corrected chi connectivity index (χ4v) is 0.708. The number of alkyl halides is 2. The van der Waals surface area contributed by atoms with E-state index in [0.717, 1.165) is 0 Å². The Bertz CT molecular complexity index is 190. The maximum absolute atomic E-state index is 12.7. The number of ether oxygens (including phenoxy) is 2. The number of hydrazine groups is 1. The molecule has 0 bridgehead atoms. The zero-order valence-corrected chi connectivity index (χ0v) is 8.05. The van der Waals surface area contributed by atoms with Crippen LogP contribution in [-0.4, -0.2) is 31.3 Å². The second-order valence-electron chi connectivity index (χ2n) is 2.58. The van der Waals surface area contributed by atoms with E-state index in [1.165, 1.54) is 12.3 Å². The molecule has 0 heterocycles. The molecule has 0 rings (SSSR count). The molecule has 0 aliphatic heterocycles. The van der Waals surface area contributed by atoms with Crippen LogP contribution in [0.15, 0.2) is 0 Å². The van der Waals surface area contributed by atoms with E-state index in [-0.39, 0.29) is 6.61 Å². The zero-order valence-electron chi connectivity index (χ0n) is 8.05. The SMILES string of the molecule is CCOCC(C)OC(F)(F)C(=O)NN. The molecule has 0 spiro atoms. The van der Waals surface area contributed by atoms with Crippen LogP contribution in [0, 0.1) is 0 Å². The predicted octanol–water partition coefficient (Wildman–Crippen LogP) is 0.0107. The maximum Gasteiger partial charge on any atom is 0.438 e. The lowest BCUT2D eigenvalue weighted by Gasteiger charge is -2.19. The van der Waals surface area contributed by atoms with Gasteiger partial charge in [0, 0.05) is 6.61 Å². The third-order valence-corrected chi connectivity index (χ3v) is 1.30. The van der Waals surface area contributed by atoms with Crippen LogP contribution in [0.3, 0.4) is 0 Å². The minimum atomic E-state index is -3.93. The minimum absolute atomic E-state index is 0.00998. The number of rotatable bonds is 6. The molecule has 84 valence electrons. The Morgan fingerprint density at radius 1 is 1.64 bits per heavy atom. The first-order chi connectivity index (χ1) is 6.44. The van der Waals surface area contributed by atoms with Crippen molar-refractivity contribution in [3.05, 3.63) is 0 Å². The number of hydrogen-bond donors (Lipinski definition) is 2. The third kappa shape index (κ3) is 4.45. The summed E-state index contributed by atoms with van der Waals surface area (Å²) in [7, 11) is 0. The van der Waals surface area contributed by atoms with Crippen molar-refractivity contribution in [1.29, 1.82) is 0 Å². The lowest BCUT2D eigenvalue weighted by molar-refractivity contribution is -0.252. The molecular formula is C7H14F2N2O3. The van der Waals surface area contributed by atoms with Crippen LogP contribution < -0.4 is 11.3 Å². The zero-order chi connectivity index (χ0) is 11.2. The third-order valence-electron chi connectivity index (χ3n) is 1.30. The molecule has 0 saturated heterocycles. The number of carbonyl (C=O) groups is 1. The standard InChI is InChI=1S/C7H14F2N2O3/c1-3-13-4-5(2)14-7(8,9)6(12)11-10/h5H,3-4,10H2,1-2H3,(H,11,12). The highest BCUT2D eigenvalue weighted by Crippen LogP contribution is 2.17. The molecule has 0 fully saturated rings. The van der Waals surface area contributed by atoms with Crippen LogP contribution in [0.2, 0.25) is 0 Å². The van der Waals surface area contributed by atoms with Crippen molar-refractivity contribution in [2.24, 2.45) is 5.84 Å². The predicted molar refractivity (Wildman–Crippen MR) is 44.3 cm³/mol. The van der Waals surface area contributed by atoms with Gasteiger partial charge in [0.2, 0.25) is 0 Å². The summed E-state index contributed by atoms with van der Waals surface area (Å²) in [6.45, 7) is 3.47. The van der Waals surface area contributed by atoms with E-state index in [4.69, 9.17) is 4.74 Å². The van der Waals surface area contributed by atoms with Crippen molar-refractivity contribution in [1.82, 2.24) is 5.43 Å². The van der Waals surface area contributed by atoms with Gasteiger partial charge in [0.1, 0.15) is 0 Å². The molecule has 1 unspecified atom stereocenters. The Balaban J connectivity index is 4.01. The first-order valence-corrected chi connectivity index (χ1v) is 4.08. The van der Waals surface area contributed by atoms with Gasteiger partial charge in [0.05, 0.1) is 12.7 Å². The highest BCUT2D eigenvalue weighted by atomic mass is 19.3. The fraction of sp³-hybridized carbons (Fsp3) is 0.857. The molecular weight excluding hydrogens is 198 g/mol. The largest absolute Gasteiger partial charge is 0.438 e. The monoisotopic (exact) mass is 212 g/mol. The van der Waals surface area contributed by atoms with Gasteiger partial charge in [-0.25, -0.2) is 5.84 Å². The van der Waals surface area contributed by atoms with Crippen LogP contribution in [0.5, 0.6) is 0 Å². The molecule has 5 nitrogen and oxygen atoms in total. The molecule has 0 aromatic heterocycles. The van der Waals surface area contributed by atoms with Crippen LogP contribution in [0.4, 0.5) is 8.78 Å². The number of nitrogens with two attached hydrogens (primary N) is 1. The number of nitrogens with one attached hydrogen (secondary N) is 1. The molecule has 1 atom stereocenters. The first-order valence-electron chi connectivity index (χ1n) is 4.08. The van der Waals surface area contributed by atoms with Crippen molar-refractivity contribution >= 4 is 5.91 Å². The maximum atomic E-state index is 12.7. The van der Waals surface area contributed by atoms with Gasteiger partial charge < -0.3 is 9.47 Å². The number of amides is 1. The van der Waals surface area contributed by atoms with Gasteiger partial charge >= 0.3 is 12.0 Å². The van der Waals surface area contributed by atoms with E-state index in [1.54, 1.807) is 6.92 Å². The number of halogens is 2. The van der Waals surface area contributed by atoms with Crippen molar-refractivity contribution in [3.8, 4) is 0 Å². The molecule has 0 aromatic carbocycles. The summed E-state index contributed by atoms with van der Waals surface area (Å²) >= 11 is 0. The van der Waals surface area contributed by atoms with Gasteiger partial charge in [-0.05, 0) is 13.8 Å². The summed E-state index contributed by atoms with van der Waals surface area (Å²) in [5, 5.41) is 0. The average molecular weight is 212 g/mol. The van der Waals surface area contributed by atoms with Gasteiger partial charge in [-0.2, -0.15) is 8.78 Å². The lowest BCUT2D eigenvalue weighted by Crippen LogP contribution is -2.47. The molecule has 1 amide bonds. The Morgan fingerprint density at radius 2 is 2.21 bits per heavy atom. The van der Waals surface area contributed by atoms with Crippen LogP contribution in [0.25, 0.3) is 0 Å². The van der Waals surface area contributed by atoms with Crippen LogP contribution in [0.1, 0.15) is 13.8 Å². The lowest BCUT2D eigenvalue weighted by atomic mass is 10.4. The van der Waals surface area contributed by atoms with Crippen LogP contribution in [-0.2, 0) is 14.3 Å². The fourth-order valence-electron chi connectivity index (χ4n) is 0.708.